The van der Waals surface area contributed by atoms with Gasteiger partial charge in [-0.05, 0) is 24.6 Å². The van der Waals surface area contributed by atoms with Gasteiger partial charge in [0.1, 0.15) is 0 Å². The number of aromatic carboxylic acids is 2. The molecule has 0 atom stereocenters. The molecule has 0 spiro atoms. The molecule has 1 amide bonds. The summed E-state index contributed by atoms with van der Waals surface area (Å²) in [6.45, 7) is 0. The van der Waals surface area contributed by atoms with Gasteiger partial charge in [0, 0.05) is 33.6 Å². The second-order valence-electron chi connectivity index (χ2n) is 4.82. The Kier molecular flexibility index (Phi) is 7.58. The molecule has 1 rings (SSSR count). The number of carbonyl (C=O) groups excluding carboxylic acids is 1. The summed E-state index contributed by atoms with van der Waals surface area (Å²) in [5.41, 5.74) is -0.840. The Morgan fingerprint density at radius 1 is 1.04 bits per heavy atom. The van der Waals surface area contributed by atoms with Crippen LogP contribution in [0.1, 0.15) is 37.5 Å². The van der Waals surface area contributed by atoms with Crippen molar-refractivity contribution in [3.8, 4) is 0 Å². The topological polar surface area (TPSA) is 132 Å². The van der Waals surface area contributed by atoms with Crippen LogP contribution in [-0.2, 0) is 13.3 Å². The molecule has 0 saturated heterocycles. The Balaban J connectivity index is 2.90. The van der Waals surface area contributed by atoms with Gasteiger partial charge in [-0.2, -0.15) is 0 Å². The zero-order valence-corrected chi connectivity index (χ0v) is 15.0. The van der Waals surface area contributed by atoms with Crippen molar-refractivity contribution in [2.24, 2.45) is 4.99 Å². The van der Waals surface area contributed by atoms with E-state index in [0.717, 1.165) is 18.2 Å². The summed E-state index contributed by atoms with van der Waals surface area (Å²) in [7, 11) is 1.61. The first-order valence-corrected chi connectivity index (χ1v) is 9.06. The lowest BCUT2D eigenvalue weighted by Gasteiger charge is -2.23. The van der Waals surface area contributed by atoms with Crippen molar-refractivity contribution < 1.29 is 37.9 Å². The van der Waals surface area contributed by atoms with Crippen LogP contribution in [0.5, 0.6) is 0 Å². The van der Waals surface area contributed by atoms with Gasteiger partial charge in [0.15, 0.2) is 0 Å². The molecular weight excluding hydrogens is 350 g/mol. The third-order valence-electron chi connectivity index (χ3n) is 3.45. The minimum absolute atomic E-state index is 0.192. The van der Waals surface area contributed by atoms with Crippen LogP contribution in [-0.4, -0.2) is 64.4 Å². The van der Waals surface area contributed by atoms with Crippen LogP contribution in [0.2, 0.25) is 6.04 Å². The third-order valence-corrected chi connectivity index (χ3v) is 6.22. The molecule has 25 heavy (non-hydrogen) atoms. The quantitative estimate of drug-likeness (QED) is 0.495. The van der Waals surface area contributed by atoms with Crippen LogP contribution in [0, 0.1) is 0 Å². The molecule has 0 aliphatic carbocycles. The number of benzene rings is 1. The van der Waals surface area contributed by atoms with Gasteiger partial charge in [-0.1, -0.05) is 0 Å². The molecular formula is C15H19NO8Si. The fraction of sp³-hybridized carbons (Fsp3) is 0.333. The summed E-state index contributed by atoms with van der Waals surface area (Å²) in [6.07, 6.45) is 1.64. The number of rotatable bonds is 9. The smallest absolute Gasteiger partial charge is 0.478 e. The molecule has 0 aromatic heterocycles. The standard InChI is InChI=1S/C15H19NO8Si/c1-22-25(23-2,24-3)8-4-7-16-13(17)11-6-5-10(14(18)19)9-12(11)15(20)21/h5-7,9H,4,8H2,1-3H3,(H,18,19)(H,20,21). The summed E-state index contributed by atoms with van der Waals surface area (Å²) < 4.78 is 15.7. The highest BCUT2D eigenvalue weighted by Gasteiger charge is 2.36. The molecule has 0 fully saturated rings. The highest BCUT2D eigenvalue weighted by molar-refractivity contribution is 6.60. The molecule has 9 nitrogen and oxygen atoms in total. The third kappa shape index (κ3) is 5.29. The molecule has 0 aliphatic heterocycles. The Morgan fingerprint density at radius 2 is 1.64 bits per heavy atom. The van der Waals surface area contributed by atoms with Crippen molar-refractivity contribution in [1.29, 1.82) is 0 Å². The number of nitrogens with zero attached hydrogens (tertiary/aromatic N) is 1. The Hall–Kier alpha value is -2.40. The van der Waals surface area contributed by atoms with E-state index in [2.05, 4.69) is 4.99 Å². The van der Waals surface area contributed by atoms with Crippen molar-refractivity contribution in [3.63, 3.8) is 0 Å². The van der Waals surface area contributed by atoms with E-state index in [1.54, 1.807) is 0 Å². The Bertz CT molecular complexity index is 676. The summed E-state index contributed by atoms with van der Waals surface area (Å²) in [4.78, 5) is 37.9. The average Bonchev–Trinajstić information content (AvgIpc) is 2.61. The number of carbonyl (C=O) groups is 3. The molecule has 0 saturated carbocycles. The van der Waals surface area contributed by atoms with E-state index in [-0.39, 0.29) is 11.1 Å². The predicted molar refractivity (Wildman–Crippen MR) is 89.4 cm³/mol. The predicted octanol–water partition coefficient (Wildman–Crippen LogP) is 1.56. The van der Waals surface area contributed by atoms with Crippen molar-refractivity contribution in [2.45, 2.75) is 12.5 Å². The molecule has 0 unspecified atom stereocenters. The second kappa shape index (κ2) is 9.18. The number of carboxylic acids is 2. The maximum Gasteiger partial charge on any atom is 0.500 e. The number of amides is 1. The lowest BCUT2D eigenvalue weighted by Crippen LogP contribution is -2.42. The van der Waals surface area contributed by atoms with Gasteiger partial charge < -0.3 is 23.5 Å². The summed E-state index contributed by atoms with van der Waals surface area (Å²) >= 11 is 0. The van der Waals surface area contributed by atoms with Crippen LogP contribution in [0.25, 0.3) is 0 Å². The minimum Gasteiger partial charge on any atom is -0.478 e. The maximum absolute atomic E-state index is 12.1. The van der Waals surface area contributed by atoms with E-state index in [9.17, 15) is 14.4 Å². The minimum atomic E-state index is -2.78. The first kappa shape index (κ1) is 20.6. The van der Waals surface area contributed by atoms with Gasteiger partial charge in [-0.15, -0.1) is 0 Å². The molecule has 1 aromatic rings. The van der Waals surface area contributed by atoms with Gasteiger partial charge in [0.05, 0.1) is 16.7 Å². The average molecular weight is 369 g/mol. The second-order valence-corrected chi connectivity index (χ2v) is 7.91. The number of hydrogen-bond acceptors (Lipinski definition) is 6. The summed E-state index contributed by atoms with van der Waals surface area (Å²) in [6, 6.07) is 3.59. The largest absolute Gasteiger partial charge is 0.500 e. The van der Waals surface area contributed by atoms with Crippen molar-refractivity contribution in [1.82, 2.24) is 0 Å². The fourth-order valence-electron chi connectivity index (χ4n) is 2.06. The molecule has 0 heterocycles. The van der Waals surface area contributed by atoms with E-state index in [1.165, 1.54) is 27.5 Å². The van der Waals surface area contributed by atoms with Crippen LogP contribution < -0.4 is 0 Å². The van der Waals surface area contributed by atoms with E-state index in [4.69, 9.17) is 23.5 Å². The SMILES string of the molecule is CO[Si](CCC=NC(=O)c1ccc(C(=O)O)cc1C(=O)O)(OC)OC. The summed E-state index contributed by atoms with van der Waals surface area (Å²) in [5, 5.41) is 18.1. The first-order valence-electron chi connectivity index (χ1n) is 7.13. The Labute approximate surface area is 145 Å². The first-order chi connectivity index (χ1) is 11.8. The number of aliphatic imine (C=N–C) groups is 1. The van der Waals surface area contributed by atoms with Crippen molar-refractivity contribution in [2.75, 3.05) is 21.3 Å². The van der Waals surface area contributed by atoms with E-state index in [1.807, 2.05) is 0 Å². The van der Waals surface area contributed by atoms with Crippen LogP contribution in [0.3, 0.4) is 0 Å². The van der Waals surface area contributed by atoms with Gasteiger partial charge in [0.2, 0.25) is 0 Å². The molecule has 0 radical (unpaired) electrons. The molecule has 136 valence electrons. The Morgan fingerprint density at radius 3 is 2.12 bits per heavy atom. The van der Waals surface area contributed by atoms with E-state index in [0.29, 0.717) is 12.5 Å². The zero-order chi connectivity index (χ0) is 19.0. The van der Waals surface area contributed by atoms with E-state index >= 15 is 0 Å². The normalized spacial score (nSPS) is 11.6. The highest BCUT2D eigenvalue weighted by Crippen LogP contribution is 2.16. The number of hydrogen-bond donors (Lipinski definition) is 2. The van der Waals surface area contributed by atoms with Crippen LogP contribution in [0.4, 0.5) is 0 Å². The van der Waals surface area contributed by atoms with Crippen molar-refractivity contribution in [3.05, 3.63) is 34.9 Å². The van der Waals surface area contributed by atoms with Gasteiger partial charge >= 0.3 is 20.7 Å². The molecule has 0 aliphatic rings. The molecule has 10 heteroatoms. The van der Waals surface area contributed by atoms with Gasteiger partial charge in [-0.25, -0.2) is 14.6 Å². The number of carboxylic acid groups (broad SMARTS) is 2. The lowest BCUT2D eigenvalue weighted by atomic mass is 10.0. The van der Waals surface area contributed by atoms with Crippen LogP contribution in [0.15, 0.2) is 23.2 Å². The highest BCUT2D eigenvalue weighted by atomic mass is 28.4. The zero-order valence-electron chi connectivity index (χ0n) is 14.0. The monoisotopic (exact) mass is 369 g/mol. The lowest BCUT2D eigenvalue weighted by molar-refractivity contribution is 0.0692. The summed E-state index contributed by atoms with van der Waals surface area (Å²) in [5.74, 6) is -3.48. The molecule has 1 aromatic carbocycles. The fourth-order valence-corrected chi connectivity index (χ4v) is 3.65. The van der Waals surface area contributed by atoms with Crippen molar-refractivity contribution >= 4 is 32.9 Å². The molecule has 2 N–H and O–H groups in total. The maximum atomic E-state index is 12.1. The van der Waals surface area contributed by atoms with Crippen LogP contribution >= 0.6 is 0 Å². The van der Waals surface area contributed by atoms with Gasteiger partial charge in [-0.3, -0.25) is 4.79 Å². The van der Waals surface area contributed by atoms with E-state index < -0.39 is 32.2 Å². The van der Waals surface area contributed by atoms with Gasteiger partial charge in [0.25, 0.3) is 5.91 Å². The molecule has 0 bridgehead atoms.